The Kier molecular flexibility index (Phi) is 29.6. The predicted octanol–water partition coefficient (Wildman–Crippen LogP) is 9.08. The molecule has 0 N–H and O–H groups in total. The summed E-state index contributed by atoms with van der Waals surface area (Å²) >= 11 is 0. The number of carbonyl (C=O) groups excluding carboxylic acids is 1. The quantitative estimate of drug-likeness (QED) is 0.0228. The van der Waals surface area contributed by atoms with Crippen molar-refractivity contribution in [3.63, 3.8) is 0 Å². The van der Waals surface area contributed by atoms with E-state index in [0.717, 1.165) is 19.3 Å². The van der Waals surface area contributed by atoms with Crippen LogP contribution in [0.25, 0.3) is 0 Å². The Labute approximate surface area is 277 Å². The molecule has 0 rings (SSSR count). The molecule has 0 amide bonds. The summed E-state index contributed by atoms with van der Waals surface area (Å²) < 4.78 is 33.2. The summed E-state index contributed by atoms with van der Waals surface area (Å²) in [5.41, 5.74) is 0. The van der Waals surface area contributed by atoms with Gasteiger partial charge in [-0.05, 0) is 38.5 Å². The Bertz CT molecular complexity index is 782. The number of allylic oxidation sites excluding steroid dienone is 4. The summed E-state index contributed by atoms with van der Waals surface area (Å²) in [6, 6.07) is 0. The molecule has 266 valence electrons. The molecule has 0 heterocycles. The fraction of sp³-hybridized carbons (Fsp3) is 0.861. The highest BCUT2D eigenvalue weighted by molar-refractivity contribution is 7.45. The molecule has 0 aromatic heterocycles. The maximum Gasteiger partial charge on any atom is 0.303 e. The minimum Gasteiger partial charge on any atom is -0.756 e. The van der Waals surface area contributed by atoms with Crippen LogP contribution >= 0.6 is 7.82 Å². The van der Waals surface area contributed by atoms with Crippen molar-refractivity contribution in [3.05, 3.63) is 24.3 Å². The lowest BCUT2D eigenvalue weighted by Crippen LogP contribution is -2.37. The molecule has 2 atom stereocenters. The molecule has 0 saturated heterocycles. The maximum atomic E-state index is 12.0. The number of rotatable bonds is 33. The Morgan fingerprint density at radius 3 is 1.67 bits per heavy atom. The summed E-state index contributed by atoms with van der Waals surface area (Å²) in [4.78, 5) is 23.4. The van der Waals surface area contributed by atoms with E-state index in [4.69, 9.17) is 18.5 Å². The highest BCUT2D eigenvalue weighted by Gasteiger charge is 2.19. The fourth-order valence-corrected chi connectivity index (χ4v) is 5.54. The van der Waals surface area contributed by atoms with Crippen LogP contribution in [-0.2, 0) is 27.9 Å². The van der Waals surface area contributed by atoms with Crippen LogP contribution in [0.4, 0.5) is 0 Å². The number of carbonyl (C=O) groups is 1. The standard InChI is InChI=1S/C36H70NO7P/c1-6-7-8-9-10-11-12-13-14-15-16-17-18-19-20-21-22-23-24-25-26-27-28-29-31-41-33-36(44-35(2)38)34-43-45(39,40)42-32-30-37(3,4)5/h12-13,15-16,36H,6-11,14,17-34H2,1-5H3/b13-12-,16-15-. The lowest BCUT2D eigenvalue weighted by Gasteiger charge is -2.28. The molecule has 45 heavy (non-hydrogen) atoms. The van der Waals surface area contributed by atoms with Gasteiger partial charge in [-0.2, -0.15) is 0 Å². The third kappa shape index (κ3) is 35.7. The molecule has 0 aromatic carbocycles. The van der Waals surface area contributed by atoms with Crippen LogP contribution < -0.4 is 4.89 Å². The summed E-state index contributed by atoms with van der Waals surface area (Å²) in [5, 5.41) is 0. The Balaban J connectivity index is 3.60. The second-order valence-corrected chi connectivity index (χ2v) is 14.7. The summed E-state index contributed by atoms with van der Waals surface area (Å²) in [5.74, 6) is -0.510. The number of hydrogen-bond acceptors (Lipinski definition) is 7. The van der Waals surface area contributed by atoms with Crippen molar-refractivity contribution in [3.8, 4) is 0 Å². The average Bonchev–Trinajstić information content (AvgIpc) is 2.96. The molecule has 2 unspecified atom stereocenters. The molecule has 0 radical (unpaired) electrons. The molecule has 0 saturated carbocycles. The zero-order valence-corrected chi connectivity index (χ0v) is 30.7. The Morgan fingerprint density at radius 2 is 1.18 bits per heavy atom. The molecular weight excluding hydrogens is 589 g/mol. The molecule has 9 heteroatoms. The number of phosphoric acid groups is 1. The lowest BCUT2D eigenvalue weighted by molar-refractivity contribution is -0.870. The predicted molar refractivity (Wildman–Crippen MR) is 185 cm³/mol. The number of likely N-dealkylation sites (N-methyl/N-ethyl adjacent to an activating group) is 1. The van der Waals surface area contributed by atoms with E-state index in [1.54, 1.807) is 0 Å². The normalized spacial score (nSPS) is 14.4. The zero-order chi connectivity index (χ0) is 33.5. The highest BCUT2D eigenvalue weighted by atomic mass is 31.2. The monoisotopic (exact) mass is 659 g/mol. The highest BCUT2D eigenvalue weighted by Crippen LogP contribution is 2.38. The number of hydrogen-bond donors (Lipinski definition) is 0. The van der Waals surface area contributed by atoms with Gasteiger partial charge in [0.2, 0.25) is 0 Å². The van der Waals surface area contributed by atoms with E-state index < -0.39 is 19.9 Å². The molecule has 0 bridgehead atoms. The van der Waals surface area contributed by atoms with Crippen molar-refractivity contribution in [2.24, 2.45) is 0 Å². The minimum atomic E-state index is -4.47. The van der Waals surface area contributed by atoms with Gasteiger partial charge in [-0.25, -0.2) is 0 Å². The van der Waals surface area contributed by atoms with Crippen molar-refractivity contribution < 1.29 is 37.3 Å². The SMILES string of the molecule is CCCCCCC/C=C\C/C=C\CCCCCCCCCCCCCCOCC(COP(=O)([O-])OCC[N+](C)(C)C)OC(C)=O. The van der Waals surface area contributed by atoms with E-state index in [1.807, 2.05) is 21.1 Å². The number of unbranched alkanes of at least 4 members (excludes halogenated alkanes) is 17. The summed E-state index contributed by atoms with van der Waals surface area (Å²) in [7, 11) is 1.35. The number of nitrogens with zero attached hydrogens (tertiary/aromatic N) is 1. The Hall–Kier alpha value is -1.02. The van der Waals surface area contributed by atoms with Crippen LogP contribution in [0.2, 0.25) is 0 Å². The van der Waals surface area contributed by atoms with Crippen LogP contribution in [0.15, 0.2) is 24.3 Å². The minimum absolute atomic E-state index is 0.0231. The smallest absolute Gasteiger partial charge is 0.303 e. The van der Waals surface area contributed by atoms with Gasteiger partial charge in [0.25, 0.3) is 7.82 Å². The molecule has 0 fully saturated rings. The van der Waals surface area contributed by atoms with Crippen molar-refractivity contribution in [1.29, 1.82) is 0 Å². The van der Waals surface area contributed by atoms with E-state index in [9.17, 15) is 14.3 Å². The number of phosphoric ester groups is 1. The first-order valence-electron chi connectivity index (χ1n) is 18.0. The molecule has 0 aromatic rings. The van der Waals surface area contributed by atoms with Gasteiger partial charge in [0, 0.05) is 13.5 Å². The number of ether oxygens (including phenoxy) is 2. The summed E-state index contributed by atoms with van der Waals surface area (Å²) in [6.07, 6.45) is 34.0. The van der Waals surface area contributed by atoms with Gasteiger partial charge in [-0.3, -0.25) is 9.36 Å². The first-order chi connectivity index (χ1) is 21.6. The first-order valence-corrected chi connectivity index (χ1v) is 19.5. The van der Waals surface area contributed by atoms with Crippen LogP contribution in [-0.4, -0.2) is 70.7 Å². The first kappa shape index (κ1) is 44.0. The summed E-state index contributed by atoms with van der Waals surface area (Å²) in [6.45, 7) is 4.39. The molecule has 8 nitrogen and oxygen atoms in total. The molecule has 0 aliphatic rings. The van der Waals surface area contributed by atoms with E-state index in [2.05, 4.69) is 31.2 Å². The average molecular weight is 660 g/mol. The largest absolute Gasteiger partial charge is 0.756 e. The fourth-order valence-electron chi connectivity index (χ4n) is 4.81. The van der Waals surface area contributed by atoms with Crippen molar-refractivity contribution in [2.45, 2.75) is 148 Å². The van der Waals surface area contributed by atoms with Gasteiger partial charge in [-0.15, -0.1) is 0 Å². The Morgan fingerprint density at radius 1 is 0.689 bits per heavy atom. The number of esters is 1. The van der Waals surface area contributed by atoms with E-state index >= 15 is 0 Å². The molecular formula is C36H70NO7P. The second kappa shape index (κ2) is 30.3. The second-order valence-electron chi connectivity index (χ2n) is 13.3. The third-order valence-electron chi connectivity index (χ3n) is 7.56. The zero-order valence-electron chi connectivity index (χ0n) is 29.8. The van der Waals surface area contributed by atoms with Crippen molar-refractivity contribution >= 4 is 13.8 Å². The van der Waals surface area contributed by atoms with Crippen molar-refractivity contribution in [2.75, 3.05) is 54.1 Å². The van der Waals surface area contributed by atoms with Gasteiger partial charge in [0.15, 0.2) is 0 Å². The molecule has 0 aliphatic heterocycles. The molecule has 0 spiro atoms. The van der Waals surface area contributed by atoms with E-state index in [0.29, 0.717) is 17.6 Å². The topological polar surface area (TPSA) is 94.1 Å². The van der Waals surface area contributed by atoms with Crippen LogP contribution in [0, 0.1) is 0 Å². The van der Waals surface area contributed by atoms with Gasteiger partial charge >= 0.3 is 5.97 Å². The van der Waals surface area contributed by atoms with Gasteiger partial charge in [-0.1, -0.05) is 121 Å². The van der Waals surface area contributed by atoms with Crippen LogP contribution in [0.1, 0.15) is 142 Å². The van der Waals surface area contributed by atoms with Gasteiger partial charge in [0.1, 0.15) is 19.3 Å². The van der Waals surface area contributed by atoms with Gasteiger partial charge in [0.05, 0.1) is 34.4 Å². The molecule has 0 aliphatic carbocycles. The van der Waals surface area contributed by atoms with E-state index in [-0.39, 0.29) is 19.8 Å². The number of quaternary nitrogens is 1. The third-order valence-corrected chi connectivity index (χ3v) is 8.52. The van der Waals surface area contributed by atoms with Crippen molar-refractivity contribution in [1.82, 2.24) is 0 Å². The lowest BCUT2D eigenvalue weighted by atomic mass is 10.0. The van der Waals surface area contributed by atoms with Crippen LogP contribution in [0.5, 0.6) is 0 Å². The maximum absolute atomic E-state index is 12.0. The van der Waals surface area contributed by atoms with Gasteiger partial charge < -0.3 is 27.9 Å². The van der Waals surface area contributed by atoms with Crippen LogP contribution in [0.3, 0.4) is 0 Å². The van der Waals surface area contributed by atoms with E-state index in [1.165, 1.54) is 116 Å².